The van der Waals surface area contributed by atoms with E-state index in [1.54, 1.807) is 18.2 Å². The van der Waals surface area contributed by atoms with E-state index < -0.39 is 0 Å². The molecule has 2 aromatic carbocycles. The Morgan fingerprint density at radius 1 is 1.14 bits per heavy atom. The summed E-state index contributed by atoms with van der Waals surface area (Å²) >= 11 is 1.23. The van der Waals surface area contributed by atoms with Gasteiger partial charge < -0.3 is 14.6 Å². The second kappa shape index (κ2) is 4.57. The second-order valence-corrected chi connectivity index (χ2v) is 5.80. The molecule has 108 valence electrons. The van der Waals surface area contributed by atoms with E-state index in [9.17, 15) is 15.0 Å². The highest BCUT2D eigenvalue weighted by Gasteiger charge is 2.15. The first-order valence-corrected chi connectivity index (χ1v) is 7.28. The maximum absolute atomic E-state index is 12.6. The molecule has 0 aliphatic carbocycles. The van der Waals surface area contributed by atoms with Gasteiger partial charge in [-0.25, -0.2) is 4.98 Å². The van der Waals surface area contributed by atoms with Gasteiger partial charge in [-0.3, -0.25) is 4.79 Å². The van der Waals surface area contributed by atoms with Crippen LogP contribution in [0.4, 0.5) is 0 Å². The lowest BCUT2D eigenvalue weighted by molar-refractivity contribution is 0.474. The Hall–Kier alpha value is -2.86. The molecule has 5 nitrogen and oxygen atoms in total. The third-order valence-corrected chi connectivity index (χ3v) is 4.51. The summed E-state index contributed by atoms with van der Waals surface area (Å²) in [6.45, 7) is 0. The molecule has 2 heterocycles. The molecule has 0 fully saturated rings. The molecule has 2 N–H and O–H groups in total. The van der Waals surface area contributed by atoms with E-state index >= 15 is 0 Å². The number of hydrogen-bond donors (Lipinski definition) is 2. The highest BCUT2D eigenvalue weighted by Crippen LogP contribution is 2.34. The van der Waals surface area contributed by atoms with Gasteiger partial charge in [-0.1, -0.05) is 6.07 Å². The van der Waals surface area contributed by atoms with Crippen LogP contribution in [0.2, 0.25) is 0 Å². The van der Waals surface area contributed by atoms with Gasteiger partial charge in [0.2, 0.25) is 5.43 Å². The Morgan fingerprint density at radius 2 is 2.00 bits per heavy atom. The Bertz CT molecular complexity index is 1080. The number of nitrogens with zero attached hydrogens (tertiary/aromatic N) is 1. The van der Waals surface area contributed by atoms with Crippen LogP contribution in [0.1, 0.15) is 0 Å². The Kier molecular flexibility index (Phi) is 2.67. The first-order chi connectivity index (χ1) is 10.6. The van der Waals surface area contributed by atoms with Crippen molar-refractivity contribution in [3.8, 4) is 22.1 Å². The van der Waals surface area contributed by atoms with Crippen LogP contribution in [0.5, 0.6) is 11.5 Å². The van der Waals surface area contributed by atoms with Crippen LogP contribution in [0.15, 0.2) is 51.9 Å². The van der Waals surface area contributed by atoms with Crippen molar-refractivity contribution in [2.45, 2.75) is 0 Å². The van der Waals surface area contributed by atoms with Crippen molar-refractivity contribution in [1.29, 1.82) is 0 Å². The fraction of sp³-hybridized carbons (Fsp3) is 0. The van der Waals surface area contributed by atoms with E-state index in [1.807, 2.05) is 0 Å². The number of aromatic hydroxyl groups is 2. The number of thiazole rings is 1. The highest BCUT2D eigenvalue weighted by atomic mass is 32.1. The number of phenols is 2. The van der Waals surface area contributed by atoms with E-state index in [0.717, 1.165) is 0 Å². The van der Waals surface area contributed by atoms with Crippen molar-refractivity contribution in [3.63, 3.8) is 0 Å². The largest absolute Gasteiger partial charge is 0.508 e. The van der Waals surface area contributed by atoms with Gasteiger partial charge in [-0.2, -0.15) is 0 Å². The molecule has 4 rings (SSSR count). The predicted octanol–water partition coefficient (Wildman–Crippen LogP) is 3.48. The van der Waals surface area contributed by atoms with Gasteiger partial charge >= 0.3 is 0 Å². The van der Waals surface area contributed by atoms with Gasteiger partial charge in [0.05, 0.1) is 21.2 Å². The molecule has 4 aromatic rings. The monoisotopic (exact) mass is 311 g/mol. The molecule has 2 aromatic heterocycles. The molecule has 0 amide bonds. The van der Waals surface area contributed by atoms with Crippen LogP contribution in [0.25, 0.3) is 31.8 Å². The van der Waals surface area contributed by atoms with E-state index in [4.69, 9.17) is 4.42 Å². The Balaban J connectivity index is 2.00. The topological polar surface area (TPSA) is 83.6 Å². The highest BCUT2D eigenvalue weighted by molar-refractivity contribution is 7.22. The summed E-state index contributed by atoms with van der Waals surface area (Å²) in [5.41, 5.74) is 1.06. The molecule has 0 aliphatic heterocycles. The van der Waals surface area contributed by atoms with Crippen LogP contribution in [0.3, 0.4) is 0 Å². The van der Waals surface area contributed by atoms with Crippen molar-refractivity contribution in [2.24, 2.45) is 0 Å². The first-order valence-electron chi connectivity index (χ1n) is 6.47. The molecule has 22 heavy (non-hydrogen) atoms. The zero-order valence-electron chi connectivity index (χ0n) is 11.1. The summed E-state index contributed by atoms with van der Waals surface area (Å²) in [6.07, 6.45) is 1.33. The maximum Gasteiger partial charge on any atom is 0.202 e. The van der Waals surface area contributed by atoms with Gasteiger partial charge in [-0.15, -0.1) is 11.3 Å². The average Bonchev–Trinajstić information content (AvgIpc) is 2.92. The lowest BCUT2D eigenvalue weighted by Crippen LogP contribution is -2.04. The summed E-state index contributed by atoms with van der Waals surface area (Å²) in [5, 5.41) is 20.1. The summed E-state index contributed by atoms with van der Waals surface area (Å²) < 4.78 is 6.06. The number of aromatic nitrogens is 1. The molecule has 0 bridgehead atoms. The summed E-state index contributed by atoms with van der Waals surface area (Å²) in [5.74, 6) is 0.171. The van der Waals surface area contributed by atoms with Crippen molar-refractivity contribution < 1.29 is 14.6 Å². The minimum atomic E-state index is -0.222. The predicted molar refractivity (Wildman–Crippen MR) is 84.4 cm³/mol. The first kappa shape index (κ1) is 12.8. The van der Waals surface area contributed by atoms with E-state index in [-0.39, 0.29) is 16.9 Å². The van der Waals surface area contributed by atoms with E-state index in [1.165, 1.54) is 35.8 Å². The van der Waals surface area contributed by atoms with Crippen LogP contribution >= 0.6 is 11.3 Å². The van der Waals surface area contributed by atoms with Gasteiger partial charge in [-0.05, 0) is 24.3 Å². The smallest absolute Gasteiger partial charge is 0.202 e. The number of benzene rings is 2. The normalized spacial score (nSPS) is 11.3. The van der Waals surface area contributed by atoms with Gasteiger partial charge in [0.15, 0.2) is 0 Å². The summed E-state index contributed by atoms with van der Waals surface area (Å²) in [6, 6.07) is 9.40. The molecule has 0 saturated heterocycles. The fourth-order valence-electron chi connectivity index (χ4n) is 2.31. The minimum Gasteiger partial charge on any atom is -0.508 e. The van der Waals surface area contributed by atoms with Gasteiger partial charge in [0.25, 0.3) is 0 Å². The molecular weight excluding hydrogens is 302 g/mol. The molecule has 0 unspecified atom stereocenters. The quantitative estimate of drug-likeness (QED) is 0.562. The summed E-state index contributed by atoms with van der Waals surface area (Å²) in [4.78, 5) is 16.9. The van der Waals surface area contributed by atoms with Gasteiger partial charge in [0.1, 0.15) is 28.4 Å². The third kappa shape index (κ3) is 1.85. The van der Waals surface area contributed by atoms with Crippen molar-refractivity contribution in [3.05, 3.63) is 52.9 Å². The van der Waals surface area contributed by atoms with Crippen LogP contribution in [0, 0.1) is 0 Å². The number of fused-ring (bicyclic) bond motifs is 2. The van der Waals surface area contributed by atoms with Crippen LogP contribution < -0.4 is 5.43 Å². The lowest BCUT2D eigenvalue weighted by atomic mass is 10.2. The zero-order chi connectivity index (χ0) is 15.3. The number of phenolic OH excluding ortho intramolecular Hbond substituents is 2. The molecule has 0 saturated carbocycles. The Labute approximate surface area is 127 Å². The van der Waals surface area contributed by atoms with Gasteiger partial charge in [0, 0.05) is 6.07 Å². The number of rotatable bonds is 1. The Morgan fingerprint density at radius 3 is 2.82 bits per heavy atom. The average molecular weight is 311 g/mol. The lowest BCUT2D eigenvalue weighted by Gasteiger charge is -2.00. The van der Waals surface area contributed by atoms with Crippen LogP contribution in [-0.4, -0.2) is 15.2 Å². The molecule has 0 aliphatic rings. The zero-order valence-corrected chi connectivity index (χ0v) is 11.9. The fourth-order valence-corrected chi connectivity index (χ4v) is 3.29. The standard InChI is InChI=1S/C16H9NO4S/c18-8-4-5-9-13(6-8)21-7-10(14(9)20)16-17-11-2-1-3-12(19)15(11)22-16/h1-7,18-19H. The van der Waals surface area contributed by atoms with Crippen molar-refractivity contribution >= 4 is 32.5 Å². The number of hydrogen-bond acceptors (Lipinski definition) is 6. The van der Waals surface area contributed by atoms with Crippen LogP contribution in [-0.2, 0) is 0 Å². The minimum absolute atomic E-state index is 0.0355. The van der Waals surface area contributed by atoms with Crippen molar-refractivity contribution in [2.75, 3.05) is 0 Å². The third-order valence-electron chi connectivity index (χ3n) is 3.38. The second-order valence-electron chi connectivity index (χ2n) is 4.80. The SMILES string of the molecule is O=c1c(-c2nc3cccc(O)c3s2)coc2cc(O)ccc12. The summed E-state index contributed by atoms with van der Waals surface area (Å²) in [7, 11) is 0. The molecule has 0 spiro atoms. The molecule has 0 atom stereocenters. The maximum atomic E-state index is 12.6. The van der Waals surface area contributed by atoms with Crippen molar-refractivity contribution in [1.82, 2.24) is 4.98 Å². The molecule has 0 radical (unpaired) electrons. The van der Waals surface area contributed by atoms with E-state index in [0.29, 0.717) is 31.8 Å². The molecular formula is C16H9NO4S. The van der Waals surface area contributed by atoms with E-state index in [2.05, 4.69) is 4.98 Å². The molecule has 6 heteroatoms.